The van der Waals surface area contributed by atoms with Crippen molar-refractivity contribution in [2.75, 3.05) is 6.54 Å². The van der Waals surface area contributed by atoms with Gasteiger partial charge in [0.1, 0.15) is 12.6 Å². The molecule has 0 bridgehead atoms. The predicted octanol–water partition coefficient (Wildman–Crippen LogP) is 0.756. The van der Waals surface area contributed by atoms with Gasteiger partial charge in [-0.1, -0.05) is 23.7 Å². The fourth-order valence-corrected chi connectivity index (χ4v) is 2.02. The molecule has 6 heteroatoms. The van der Waals surface area contributed by atoms with Gasteiger partial charge in [-0.05, 0) is 24.6 Å². The number of piperazine rings is 1. The van der Waals surface area contributed by atoms with E-state index in [1.165, 1.54) is 4.90 Å². The van der Waals surface area contributed by atoms with Crippen LogP contribution < -0.4 is 5.32 Å². The van der Waals surface area contributed by atoms with E-state index in [4.69, 9.17) is 11.6 Å². The largest absolute Gasteiger partial charge is 0.321 e. The normalized spacial score (nSPS) is 19.3. The number of halogens is 1. The molecule has 1 atom stereocenters. The summed E-state index contributed by atoms with van der Waals surface area (Å²) in [4.78, 5) is 36.2. The summed E-state index contributed by atoms with van der Waals surface area (Å²) in [6.07, 6.45) is 0.141. The Kier molecular flexibility index (Phi) is 3.85. The van der Waals surface area contributed by atoms with E-state index in [2.05, 4.69) is 5.32 Å². The fraction of sp³-hybridized carbons (Fsp3) is 0.308. The number of amides is 3. The van der Waals surface area contributed by atoms with Crippen molar-refractivity contribution in [2.45, 2.75) is 19.4 Å². The standard InChI is InChI=1S/C13H13ClN2O3/c1-8-13(19)15-11(17)7-16(8)12(18)6-9-2-4-10(14)5-3-9/h2-5,8H,6-7H2,1H3,(H,15,17,19). The third-order valence-electron chi connectivity index (χ3n) is 3.01. The minimum absolute atomic E-state index is 0.0840. The molecule has 100 valence electrons. The highest BCUT2D eigenvalue weighted by molar-refractivity contribution is 6.30. The number of hydrogen-bond acceptors (Lipinski definition) is 3. The first-order chi connectivity index (χ1) is 8.97. The molecule has 19 heavy (non-hydrogen) atoms. The molecule has 5 nitrogen and oxygen atoms in total. The summed E-state index contributed by atoms with van der Waals surface area (Å²) in [6.45, 7) is 1.51. The molecule has 0 spiro atoms. The summed E-state index contributed by atoms with van der Waals surface area (Å²) in [5.41, 5.74) is 0.792. The molecule has 1 fully saturated rings. The summed E-state index contributed by atoms with van der Waals surface area (Å²) in [6, 6.07) is 6.26. The Balaban J connectivity index is 2.08. The van der Waals surface area contributed by atoms with E-state index in [1.54, 1.807) is 31.2 Å². The fourth-order valence-electron chi connectivity index (χ4n) is 1.90. The number of rotatable bonds is 2. The quantitative estimate of drug-likeness (QED) is 0.813. The number of nitrogens with zero attached hydrogens (tertiary/aromatic N) is 1. The van der Waals surface area contributed by atoms with Crippen molar-refractivity contribution in [1.82, 2.24) is 10.2 Å². The molecule has 2 rings (SSSR count). The maximum Gasteiger partial charge on any atom is 0.249 e. The highest BCUT2D eigenvalue weighted by Crippen LogP contribution is 2.12. The van der Waals surface area contributed by atoms with Crippen LogP contribution in [0.25, 0.3) is 0 Å². The Hall–Kier alpha value is -1.88. The Morgan fingerprint density at radius 3 is 2.63 bits per heavy atom. The van der Waals surface area contributed by atoms with E-state index in [0.29, 0.717) is 5.02 Å². The van der Waals surface area contributed by atoms with E-state index in [9.17, 15) is 14.4 Å². The lowest BCUT2D eigenvalue weighted by molar-refractivity contribution is -0.149. The highest BCUT2D eigenvalue weighted by atomic mass is 35.5. The van der Waals surface area contributed by atoms with Crippen molar-refractivity contribution in [3.8, 4) is 0 Å². The number of hydrogen-bond donors (Lipinski definition) is 1. The summed E-state index contributed by atoms with van der Waals surface area (Å²) >= 11 is 5.77. The van der Waals surface area contributed by atoms with Crippen molar-refractivity contribution >= 4 is 29.3 Å². The van der Waals surface area contributed by atoms with Gasteiger partial charge in [0, 0.05) is 5.02 Å². The Bertz CT molecular complexity index is 527. The number of imide groups is 1. The van der Waals surface area contributed by atoms with E-state index >= 15 is 0 Å². The van der Waals surface area contributed by atoms with Crippen LogP contribution in [-0.2, 0) is 20.8 Å². The zero-order valence-electron chi connectivity index (χ0n) is 10.4. The highest BCUT2D eigenvalue weighted by Gasteiger charge is 2.33. The molecule has 1 unspecified atom stereocenters. The summed E-state index contributed by atoms with van der Waals surface area (Å²) in [7, 11) is 0. The molecule has 1 heterocycles. The summed E-state index contributed by atoms with van der Waals surface area (Å²) in [5, 5.41) is 2.79. The van der Waals surface area contributed by atoms with Gasteiger partial charge in [-0.3, -0.25) is 19.7 Å². The summed E-state index contributed by atoms with van der Waals surface area (Å²) < 4.78 is 0. The van der Waals surface area contributed by atoms with E-state index in [-0.39, 0.29) is 18.9 Å². The van der Waals surface area contributed by atoms with Gasteiger partial charge in [-0.2, -0.15) is 0 Å². The lowest BCUT2D eigenvalue weighted by Gasteiger charge is -2.31. The van der Waals surface area contributed by atoms with E-state index < -0.39 is 17.9 Å². The first kappa shape index (κ1) is 13.5. The molecule has 1 N–H and O–H groups in total. The second-order valence-electron chi connectivity index (χ2n) is 4.41. The van der Waals surface area contributed by atoms with Crippen molar-refractivity contribution in [3.63, 3.8) is 0 Å². The van der Waals surface area contributed by atoms with Crippen molar-refractivity contribution < 1.29 is 14.4 Å². The first-order valence-corrected chi connectivity index (χ1v) is 6.23. The van der Waals surface area contributed by atoms with Crippen LogP contribution in [0.3, 0.4) is 0 Å². The van der Waals surface area contributed by atoms with Gasteiger partial charge in [-0.15, -0.1) is 0 Å². The molecule has 1 aromatic carbocycles. The minimum Gasteiger partial charge on any atom is -0.321 e. The average molecular weight is 281 g/mol. The lowest BCUT2D eigenvalue weighted by Crippen LogP contribution is -2.58. The van der Waals surface area contributed by atoms with Crippen LogP contribution in [0.15, 0.2) is 24.3 Å². The van der Waals surface area contributed by atoms with Gasteiger partial charge < -0.3 is 4.90 Å². The Morgan fingerprint density at radius 2 is 2.00 bits per heavy atom. The smallest absolute Gasteiger partial charge is 0.249 e. The average Bonchev–Trinajstić information content (AvgIpc) is 2.36. The molecule has 1 aromatic rings. The molecule has 3 amide bonds. The second-order valence-corrected chi connectivity index (χ2v) is 4.85. The predicted molar refractivity (Wildman–Crippen MR) is 69.5 cm³/mol. The molecule has 0 aliphatic carbocycles. The first-order valence-electron chi connectivity index (χ1n) is 5.85. The van der Waals surface area contributed by atoms with Crippen LogP contribution in [0.4, 0.5) is 0 Å². The number of benzene rings is 1. The van der Waals surface area contributed by atoms with Gasteiger partial charge in [0.2, 0.25) is 17.7 Å². The third kappa shape index (κ3) is 3.12. The van der Waals surface area contributed by atoms with E-state index in [1.807, 2.05) is 0 Å². The summed E-state index contributed by atoms with van der Waals surface area (Å²) in [5.74, 6) is -1.15. The number of carbonyl (C=O) groups excluding carboxylic acids is 3. The van der Waals surface area contributed by atoms with Gasteiger partial charge in [-0.25, -0.2) is 0 Å². The lowest BCUT2D eigenvalue weighted by atomic mass is 10.1. The van der Waals surface area contributed by atoms with Crippen molar-refractivity contribution in [3.05, 3.63) is 34.9 Å². The molecule has 0 aromatic heterocycles. The van der Waals surface area contributed by atoms with Crippen LogP contribution in [0.1, 0.15) is 12.5 Å². The molecule has 1 aliphatic rings. The van der Waals surface area contributed by atoms with Gasteiger partial charge in [0.25, 0.3) is 0 Å². The maximum atomic E-state index is 12.1. The van der Waals surface area contributed by atoms with Gasteiger partial charge in [0.15, 0.2) is 0 Å². The zero-order chi connectivity index (χ0) is 14.0. The SMILES string of the molecule is CC1C(=O)NC(=O)CN1C(=O)Cc1ccc(Cl)cc1. The van der Waals surface area contributed by atoms with Crippen LogP contribution in [0.5, 0.6) is 0 Å². The Labute approximate surface area is 115 Å². The molecular weight excluding hydrogens is 268 g/mol. The van der Waals surface area contributed by atoms with E-state index in [0.717, 1.165) is 5.56 Å². The molecule has 1 saturated heterocycles. The Morgan fingerprint density at radius 1 is 1.37 bits per heavy atom. The van der Waals surface area contributed by atoms with Crippen molar-refractivity contribution in [1.29, 1.82) is 0 Å². The molecule has 1 aliphatic heterocycles. The number of carbonyl (C=O) groups is 3. The zero-order valence-corrected chi connectivity index (χ0v) is 11.1. The minimum atomic E-state index is -0.627. The monoisotopic (exact) mass is 280 g/mol. The van der Waals surface area contributed by atoms with Gasteiger partial charge >= 0.3 is 0 Å². The van der Waals surface area contributed by atoms with Crippen LogP contribution >= 0.6 is 11.6 Å². The molecule has 0 radical (unpaired) electrons. The maximum absolute atomic E-state index is 12.1. The third-order valence-corrected chi connectivity index (χ3v) is 3.26. The van der Waals surface area contributed by atoms with Crippen molar-refractivity contribution in [2.24, 2.45) is 0 Å². The van der Waals surface area contributed by atoms with Crippen LogP contribution in [0, 0.1) is 0 Å². The second kappa shape index (κ2) is 5.40. The van der Waals surface area contributed by atoms with Gasteiger partial charge in [0.05, 0.1) is 6.42 Å². The molecule has 0 saturated carbocycles. The van der Waals surface area contributed by atoms with Crippen LogP contribution in [-0.4, -0.2) is 35.2 Å². The number of nitrogens with one attached hydrogen (secondary N) is 1. The molecular formula is C13H13ClN2O3. The van der Waals surface area contributed by atoms with Crippen LogP contribution in [0.2, 0.25) is 5.02 Å². The topological polar surface area (TPSA) is 66.5 Å².